The number of rotatable bonds is 10. The number of amides is 2. The van der Waals surface area contributed by atoms with E-state index in [0.29, 0.717) is 11.7 Å². The number of ether oxygens (including phenoxy) is 1. The molecule has 0 unspecified atom stereocenters. The molecule has 4 rings (SSSR count). The van der Waals surface area contributed by atoms with Crippen molar-refractivity contribution in [2.24, 2.45) is 4.99 Å². The molecule has 1 atom stereocenters. The van der Waals surface area contributed by atoms with Gasteiger partial charge < -0.3 is 10.1 Å². The first kappa shape index (κ1) is 27.5. The number of carbonyl (C=O) groups excluding carboxylic acids is 2. The molecule has 0 bridgehead atoms. The molecular weight excluding hydrogens is 494 g/mol. The lowest BCUT2D eigenvalue weighted by atomic mass is 10.1. The molecule has 7 heteroatoms. The molecule has 0 spiro atoms. The topological polar surface area (TPSA) is 71.0 Å². The van der Waals surface area contributed by atoms with Crippen molar-refractivity contribution in [1.29, 1.82) is 0 Å². The molecule has 1 fully saturated rings. The minimum Gasteiger partial charge on any atom is -0.497 e. The quantitative estimate of drug-likeness (QED) is 0.313. The van der Waals surface area contributed by atoms with Crippen molar-refractivity contribution in [1.82, 2.24) is 4.90 Å². The van der Waals surface area contributed by atoms with Gasteiger partial charge in [-0.25, -0.2) is 4.99 Å². The van der Waals surface area contributed by atoms with Gasteiger partial charge in [0, 0.05) is 12.1 Å². The molecule has 1 N–H and O–H groups in total. The first-order valence-electron chi connectivity index (χ1n) is 13.0. The van der Waals surface area contributed by atoms with E-state index in [4.69, 9.17) is 9.73 Å². The maximum absolute atomic E-state index is 13.5. The molecule has 1 saturated heterocycles. The monoisotopic (exact) mass is 529 g/mol. The SMILES string of the molecule is CCCCc1ccc(NC(=O)C[C@@H]2SC(=Nc3ccc(C)c(C)c3)N(Cc3ccc(OC)cc3)C2=O)cc1. The summed E-state index contributed by atoms with van der Waals surface area (Å²) < 4.78 is 5.26. The molecule has 3 aromatic carbocycles. The van der Waals surface area contributed by atoms with Crippen molar-refractivity contribution in [2.45, 2.75) is 58.2 Å². The Labute approximate surface area is 229 Å². The van der Waals surface area contributed by atoms with E-state index >= 15 is 0 Å². The Morgan fingerprint density at radius 1 is 1.00 bits per heavy atom. The number of amidine groups is 1. The lowest BCUT2D eigenvalue weighted by Crippen LogP contribution is -2.33. The molecule has 1 aliphatic rings. The van der Waals surface area contributed by atoms with Crippen molar-refractivity contribution >= 4 is 40.1 Å². The Kier molecular flexibility index (Phi) is 9.24. The Morgan fingerprint density at radius 2 is 1.71 bits per heavy atom. The van der Waals surface area contributed by atoms with Crippen molar-refractivity contribution in [3.05, 3.63) is 89.0 Å². The molecule has 0 aromatic heterocycles. The van der Waals surface area contributed by atoms with Crippen molar-refractivity contribution in [3.63, 3.8) is 0 Å². The zero-order chi connectivity index (χ0) is 27.1. The minimum absolute atomic E-state index is 0.0755. The van der Waals surface area contributed by atoms with Gasteiger partial charge in [0.15, 0.2) is 5.17 Å². The predicted molar refractivity (Wildman–Crippen MR) is 156 cm³/mol. The second-order valence-electron chi connectivity index (χ2n) is 9.59. The number of anilines is 1. The number of hydrogen-bond donors (Lipinski definition) is 1. The van der Waals surface area contributed by atoms with Crippen molar-refractivity contribution in [2.75, 3.05) is 12.4 Å². The summed E-state index contributed by atoms with van der Waals surface area (Å²) in [5.41, 5.74) is 6.07. The molecule has 198 valence electrons. The Morgan fingerprint density at radius 3 is 2.37 bits per heavy atom. The van der Waals surface area contributed by atoms with E-state index in [0.717, 1.165) is 47.5 Å². The molecule has 3 aromatic rings. The number of nitrogens with one attached hydrogen (secondary N) is 1. The third-order valence-corrected chi connectivity index (χ3v) is 7.84. The summed E-state index contributed by atoms with van der Waals surface area (Å²) in [4.78, 5) is 32.9. The van der Waals surface area contributed by atoms with Gasteiger partial charge in [0.25, 0.3) is 0 Å². The van der Waals surface area contributed by atoms with E-state index in [2.05, 4.69) is 19.2 Å². The van der Waals surface area contributed by atoms with E-state index < -0.39 is 5.25 Å². The maximum atomic E-state index is 13.5. The Balaban J connectivity index is 1.50. The largest absolute Gasteiger partial charge is 0.497 e. The van der Waals surface area contributed by atoms with Crippen LogP contribution < -0.4 is 10.1 Å². The van der Waals surface area contributed by atoms with Crippen molar-refractivity contribution < 1.29 is 14.3 Å². The van der Waals surface area contributed by atoms with Crippen LogP contribution in [0.15, 0.2) is 71.7 Å². The van der Waals surface area contributed by atoms with E-state index in [1.165, 1.54) is 22.9 Å². The van der Waals surface area contributed by atoms with Crippen LogP contribution in [0.1, 0.15) is 48.4 Å². The van der Waals surface area contributed by atoms with Gasteiger partial charge in [-0.05, 0) is 85.3 Å². The summed E-state index contributed by atoms with van der Waals surface area (Å²) in [6, 6.07) is 21.6. The number of aryl methyl sites for hydroxylation is 3. The number of unbranched alkanes of at least 4 members (excludes halogenated alkanes) is 1. The molecule has 1 aliphatic heterocycles. The van der Waals surface area contributed by atoms with Crippen LogP contribution in [0.4, 0.5) is 11.4 Å². The first-order chi connectivity index (χ1) is 18.4. The third kappa shape index (κ3) is 7.04. The second kappa shape index (κ2) is 12.8. The highest BCUT2D eigenvalue weighted by molar-refractivity contribution is 8.15. The molecule has 6 nitrogen and oxygen atoms in total. The zero-order valence-corrected chi connectivity index (χ0v) is 23.3. The molecule has 0 radical (unpaired) electrons. The molecule has 0 aliphatic carbocycles. The minimum atomic E-state index is -0.539. The molecule has 0 saturated carbocycles. The van der Waals surface area contributed by atoms with Gasteiger partial charge in [-0.15, -0.1) is 0 Å². The van der Waals surface area contributed by atoms with Crippen LogP contribution in [0.3, 0.4) is 0 Å². The smallest absolute Gasteiger partial charge is 0.242 e. The van der Waals surface area contributed by atoms with Crippen LogP contribution in [-0.2, 0) is 22.6 Å². The zero-order valence-electron chi connectivity index (χ0n) is 22.5. The predicted octanol–water partition coefficient (Wildman–Crippen LogP) is 6.82. The number of aliphatic imine (C=N–C) groups is 1. The van der Waals surface area contributed by atoms with E-state index in [-0.39, 0.29) is 18.2 Å². The lowest BCUT2D eigenvalue weighted by molar-refractivity contribution is -0.128. The molecular formula is C31H35N3O3S. The molecule has 38 heavy (non-hydrogen) atoms. The number of nitrogens with zero attached hydrogens (tertiary/aromatic N) is 2. The van der Waals surface area contributed by atoms with Crippen LogP contribution in [0.25, 0.3) is 0 Å². The van der Waals surface area contributed by atoms with Gasteiger partial charge in [-0.3, -0.25) is 14.5 Å². The standard InChI is InChI=1S/C31H35N3O3S/c1-5-6-7-23-9-14-25(15-10-23)32-29(35)19-28-30(36)34(20-24-11-16-27(37-4)17-12-24)31(38-28)33-26-13-8-21(2)22(3)18-26/h8-18,28H,5-7,19-20H2,1-4H3,(H,32,35)/t28-/m0/s1. The summed E-state index contributed by atoms with van der Waals surface area (Å²) in [5.74, 6) is 0.459. The highest BCUT2D eigenvalue weighted by atomic mass is 32.2. The number of carbonyl (C=O) groups is 2. The van der Waals surface area contributed by atoms with E-state index in [1.807, 2.05) is 73.7 Å². The fourth-order valence-corrected chi connectivity index (χ4v) is 5.36. The summed E-state index contributed by atoms with van der Waals surface area (Å²) in [6.45, 7) is 6.65. The van der Waals surface area contributed by atoms with Crippen LogP contribution >= 0.6 is 11.8 Å². The van der Waals surface area contributed by atoms with Crippen LogP contribution in [0.5, 0.6) is 5.75 Å². The summed E-state index contributed by atoms with van der Waals surface area (Å²) >= 11 is 1.35. The number of methoxy groups -OCH3 is 1. The first-order valence-corrected chi connectivity index (χ1v) is 13.9. The van der Waals surface area contributed by atoms with Gasteiger partial charge >= 0.3 is 0 Å². The maximum Gasteiger partial charge on any atom is 0.242 e. The molecule has 1 heterocycles. The van der Waals surface area contributed by atoms with Gasteiger partial charge in [0.1, 0.15) is 11.0 Å². The second-order valence-corrected chi connectivity index (χ2v) is 10.8. The summed E-state index contributed by atoms with van der Waals surface area (Å²) in [5, 5.41) is 3.02. The fourth-order valence-electron chi connectivity index (χ4n) is 4.21. The van der Waals surface area contributed by atoms with Crippen molar-refractivity contribution in [3.8, 4) is 5.75 Å². The van der Waals surface area contributed by atoms with Gasteiger partial charge in [-0.2, -0.15) is 0 Å². The Hall–Kier alpha value is -3.58. The highest BCUT2D eigenvalue weighted by Crippen LogP contribution is 2.33. The van der Waals surface area contributed by atoms with Gasteiger partial charge in [0.2, 0.25) is 11.8 Å². The van der Waals surface area contributed by atoms with Crippen LogP contribution in [0, 0.1) is 13.8 Å². The Bertz CT molecular complexity index is 1300. The van der Waals surface area contributed by atoms with E-state index in [9.17, 15) is 9.59 Å². The van der Waals surface area contributed by atoms with Gasteiger partial charge in [0.05, 0.1) is 19.3 Å². The van der Waals surface area contributed by atoms with E-state index in [1.54, 1.807) is 12.0 Å². The van der Waals surface area contributed by atoms with Crippen LogP contribution in [-0.4, -0.2) is 34.2 Å². The average Bonchev–Trinajstić information content (AvgIpc) is 3.19. The molecule has 2 amide bonds. The highest BCUT2D eigenvalue weighted by Gasteiger charge is 2.39. The third-order valence-electron chi connectivity index (χ3n) is 6.66. The summed E-state index contributed by atoms with van der Waals surface area (Å²) in [6.07, 6.45) is 3.40. The fraction of sp³-hybridized carbons (Fsp3) is 0.323. The summed E-state index contributed by atoms with van der Waals surface area (Å²) in [7, 11) is 1.63. The normalized spacial score (nSPS) is 16.2. The lowest BCUT2D eigenvalue weighted by Gasteiger charge is -2.17. The van der Waals surface area contributed by atoms with Crippen LogP contribution in [0.2, 0.25) is 0 Å². The number of thioether (sulfide) groups is 1. The average molecular weight is 530 g/mol. The number of hydrogen-bond acceptors (Lipinski definition) is 5. The van der Waals surface area contributed by atoms with Gasteiger partial charge in [-0.1, -0.05) is 55.4 Å². The number of benzene rings is 3.